The number of hydrogen-bond donors (Lipinski definition) is 1. The molecular weight excluding hydrogens is 344 g/mol. The standard InChI is InChI=1S/C16H17BrN4O/c17-12-4-5-15(19-11-12)21-9-6-13(7-10-21)20-16(22)14-3-1-2-8-18-14/h1-5,8,11,13H,6-7,9-10H2,(H,20,22). The van der Waals surface area contributed by atoms with E-state index in [4.69, 9.17) is 0 Å². The zero-order chi connectivity index (χ0) is 15.4. The van der Waals surface area contributed by atoms with Gasteiger partial charge >= 0.3 is 0 Å². The number of carbonyl (C=O) groups excluding carboxylic acids is 1. The Kier molecular flexibility index (Phi) is 4.68. The van der Waals surface area contributed by atoms with Crippen molar-refractivity contribution >= 4 is 27.7 Å². The van der Waals surface area contributed by atoms with Crippen molar-refractivity contribution in [1.29, 1.82) is 0 Å². The second-order valence-corrected chi connectivity index (χ2v) is 6.20. The van der Waals surface area contributed by atoms with Crippen LogP contribution in [-0.4, -0.2) is 35.0 Å². The van der Waals surface area contributed by atoms with E-state index < -0.39 is 0 Å². The lowest BCUT2D eigenvalue weighted by Crippen LogP contribution is -2.45. The van der Waals surface area contributed by atoms with Gasteiger partial charge in [0.1, 0.15) is 11.5 Å². The number of halogens is 1. The Bertz CT molecular complexity index is 624. The van der Waals surface area contributed by atoms with Crippen LogP contribution in [0.1, 0.15) is 23.3 Å². The number of amides is 1. The molecule has 3 heterocycles. The fourth-order valence-corrected chi connectivity index (χ4v) is 2.80. The molecule has 22 heavy (non-hydrogen) atoms. The van der Waals surface area contributed by atoms with E-state index in [0.717, 1.165) is 36.2 Å². The molecule has 1 saturated heterocycles. The summed E-state index contributed by atoms with van der Waals surface area (Å²) in [5.41, 5.74) is 0.472. The molecule has 2 aromatic heterocycles. The van der Waals surface area contributed by atoms with E-state index in [1.807, 2.05) is 24.4 Å². The van der Waals surface area contributed by atoms with Crippen LogP contribution in [0, 0.1) is 0 Å². The van der Waals surface area contributed by atoms with E-state index in [2.05, 4.69) is 36.1 Å². The van der Waals surface area contributed by atoms with Gasteiger partial charge in [-0.05, 0) is 53.0 Å². The molecule has 0 bridgehead atoms. The molecular formula is C16H17BrN4O. The summed E-state index contributed by atoms with van der Waals surface area (Å²) in [7, 11) is 0. The Morgan fingerprint density at radius 3 is 2.64 bits per heavy atom. The topological polar surface area (TPSA) is 58.1 Å². The van der Waals surface area contributed by atoms with Gasteiger partial charge in [-0.2, -0.15) is 0 Å². The van der Waals surface area contributed by atoms with Crippen LogP contribution in [0.15, 0.2) is 47.2 Å². The van der Waals surface area contributed by atoms with Crippen LogP contribution < -0.4 is 10.2 Å². The molecule has 0 atom stereocenters. The molecule has 0 aliphatic carbocycles. The monoisotopic (exact) mass is 360 g/mol. The minimum atomic E-state index is -0.0965. The second kappa shape index (κ2) is 6.87. The highest BCUT2D eigenvalue weighted by Gasteiger charge is 2.22. The molecule has 0 aromatic carbocycles. The minimum Gasteiger partial charge on any atom is -0.356 e. The number of aromatic nitrogens is 2. The highest BCUT2D eigenvalue weighted by atomic mass is 79.9. The predicted octanol–water partition coefficient (Wildman–Crippen LogP) is 2.64. The zero-order valence-corrected chi connectivity index (χ0v) is 13.7. The smallest absolute Gasteiger partial charge is 0.270 e. The lowest BCUT2D eigenvalue weighted by Gasteiger charge is -2.33. The van der Waals surface area contributed by atoms with Crippen molar-refractivity contribution in [3.8, 4) is 0 Å². The van der Waals surface area contributed by atoms with Crippen molar-refractivity contribution < 1.29 is 4.79 Å². The molecule has 3 rings (SSSR count). The van der Waals surface area contributed by atoms with Crippen molar-refractivity contribution in [2.24, 2.45) is 0 Å². The third-order valence-corrected chi connectivity index (χ3v) is 4.23. The van der Waals surface area contributed by atoms with Crippen LogP contribution in [-0.2, 0) is 0 Å². The predicted molar refractivity (Wildman–Crippen MR) is 88.9 cm³/mol. The van der Waals surface area contributed by atoms with Crippen LogP contribution in [0.5, 0.6) is 0 Å². The van der Waals surface area contributed by atoms with Crippen LogP contribution in [0.3, 0.4) is 0 Å². The summed E-state index contributed by atoms with van der Waals surface area (Å²) in [5.74, 6) is 0.888. The average Bonchev–Trinajstić information content (AvgIpc) is 2.57. The highest BCUT2D eigenvalue weighted by molar-refractivity contribution is 9.10. The number of hydrogen-bond acceptors (Lipinski definition) is 4. The van der Waals surface area contributed by atoms with Crippen LogP contribution in [0.25, 0.3) is 0 Å². The molecule has 6 heteroatoms. The molecule has 0 saturated carbocycles. The van der Waals surface area contributed by atoms with Gasteiger partial charge in [-0.25, -0.2) is 4.98 Å². The Balaban J connectivity index is 1.53. The first-order chi connectivity index (χ1) is 10.7. The molecule has 1 aliphatic heterocycles. The Hall–Kier alpha value is -1.95. The van der Waals surface area contributed by atoms with E-state index in [1.165, 1.54) is 0 Å². The lowest BCUT2D eigenvalue weighted by atomic mass is 10.0. The fraction of sp³-hybridized carbons (Fsp3) is 0.312. The van der Waals surface area contributed by atoms with Gasteiger partial charge in [-0.15, -0.1) is 0 Å². The quantitative estimate of drug-likeness (QED) is 0.913. The number of nitrogens with one attached hydrogen (secondary N) is 1. The number of pyridine rings is 2. The van der Waals surface area contributed by atoms with E-state index in [0.29, 0.717) is 5.69 Å². The number of anilines is 1. The van der Waals surface area contributed by atoms with Gasteiger partial charge in [0.05, 0.1) is 0 Å². The van der Waals surface area contributed by atoms with Gasteiger partial charge in [0.2, 0.25) is 0 Å². The SMILES string of the molecule is O=C(NC1CCN(c2ccc(Br)cn2)CC1)c1ccccn1. The highest BCUT2D eigenvalue weighted by Crippen LogP contribution is 2.19. The van der Waals surface area contributed by atoms with Gasteiger partial charge in [-0.1, -0.05) is 6.07 Å². The zero-order valence-electron chi connectivity index (χ0n) is 12.1. The number of rotatable bonds is 3. The van der Waals surface area contributed by atoms with Crippen LogP contribution >= 0.6 is 15.9 Å². The van der Waals surface area contributed by atoms with Crippen molar-refractivity contribution in [3.05, 3.63) is 52.9 Å². The molecule has 2 aromatic rings. The Morgan fingerprint density at radius 2 is 2.00 bits per heavy atom. The Morgan fingerprint density at radius 1 is 1.18 bits per heavy atom. The number of piperidine rings is 1. The van der Waals surface area contributed by atoms with Crippen molar-refractivity contribution in [2.45, 2.75) is 18.9 Å². The summed E-state index contributed by atoms with van der Waals surface area (Å²) in [5, 5.41) is 3.06. The molecule has 1 aliphatic rings. The summed E-state index contributed by atoms with van der Waals surface area (Å²) in [6.07, 6.45) is 5.27. The molecule has 1 N–H and O–H groups in total. The third kappa shape index (κ3) is 3.62. The van der Waals surface area contributed by atoms with Crippen molar-refractivity contribution in [2.75, 3.05) is 18.0 Å². The second-order valence-electron chi connectivity index (χ2n) is 5.28. The number of carbonyl (C=O) groups is 1. The molecule has 5 nitrogen and oxygen atoms in total. The normalized spacial score (nSPS) is 15.6. The van der Waals surface area contributed by atoms with Crippen LogP contribution in [0.2, 0.25) is 0 Å². The van der Waals surface area contributed by atoms with Gasteiger partial charge in [-0.3, -0.25) is 9.78 Å². The maximum Gasteiger partial charge on any atom is 0.270 e. The summed E-state index contributed by atoms with van der Waals surface area (Å²) in [6.45, 7) is 1.78. The first-order valence-corrected chi connectivity index (χ1v) is 8.10. The average molecular weight is 361 g/mol. The first kappa shape index (κ1) is 15.0. The molecule has 1 amide bonds. The largest absolute Gasteiger partial charge is 0.356 e. The van der Waals surface area contributed by atoms with E-state index in [-0.39, 0.29) is 11.9 Å². The number of nitrogens with zero attached hydrogens (tertiary/aromatic N) is 3. The van der Waals surface area contributed by atoms with Crippen molar-refractivity contribution in [1.82, 2.24) is 15.3 Å². The Labute approximate surface area is 137 Å². The maximum atomic E-state index is 12.1. The summed E-state index contributed by atoms with van der Waals surface area (Å²) in [6, 6.07) is 9.57. The summed E-state index contributed by atoms with van der Waals surface area (Å²) >= 11 is 3.39. The fourth-order valence-electron chi connectivity index (χ4n) is 2.56. The van der Waals surface area contributed by atoms with Gasteiger partial charge in [0, 0.05) is 36.0 Å². The molecule has 1 fully saturated rings. The van der Waals surface area contributed by atoms with E-state index in [1.54, 1.807) is 18.3 Å². The van der Waals surface area contributed by atoms with Gasteiger partial charge < -0.3 is 10.2 Å². The van der Waals surface area contributed by atoms with Crippen LogP contribution in [0.4, 0.5) is 5.82 Å². The minimum absolute atomic E-state index is 0.0965. The maximum absolute atomic E-state index is 12.1. The molecule has 0 unspecified atom stereocenters. The molecule has 0 spiro atoms. The molecule has 0 radical (unpaired) electrons. The van der Waals surface area contributed by atoms with Gasteiger partial charge in [0.25, 0.3) is 5.91 Å². The third-order valence-electron chi connectivity index (χ3n) is 3.76. The summed E-state index contributed by atoms with van der Waals surface area (Å²) < 4.78 is 0.980. The molecule has 114 valence electrons. The van der Waals surface area contributed by atoms with E-state index >= 15 is 0 Å². The lowest BCUT2D eigenvalue weighted by molar-refractivity contribution is 0.0926. The van der Waals surface area contributed by atoms with E-state index in [9.17, 15) is 4.79 Å². The summed E-state index contributed by atoms with van der Waals surface area (Å²) in [4.78, 5) is 22.8. The van der Waals surface area contributed by atoms with Crippen molar-refractivity contribution in [3.63, 3.8) is 0 Å². The van der Waals surface area contributed by atoms with Gasteiger partial charge in [0.15, 0.2) is 0 Å². The first-order valence-electron chi connectivity index (χ1n) is 7.31.